The van der Waals surface area contributed by atoms with Crippen LogP contribution in [-0.2, 0) is 4.74 Å². The van der Waals surface area contributed by atoms with Crippen molar-refractivity contribution in [2.75, 3.05) is 57.4 Å². The minimum Gasteiger partial charge on any atom is -0.381 e. The molecule has 0 aromatic heterocycles. The fourth-order valence-electron chi connectivity index (χ4n) is 3.33. The highest BCUT2D eigenvalue weighted by Crippen LogP contribution is 2.30. The number of nitrogens with zero attached hydrogens (tertiary/aromatic N) is 2. The third kappa shape index (κ3) is 3.34. The normalized spacial score (nSPS) is 27.2. The van der Waals surface area contributed by atoms with Gasteiger partial charge in [-0.25, -0.2) is 0 Å². The van der Waals surface area contributed by atoms with Gasteiger partial charge in [0.05, 0.1) is 17.3 Å². The molecule has 1 aromatic carbocycles. The molecule has 1 unspecified atom stereocenters. The number of hydrogen-bond acceptors (Lipinski definition) is 4. The Hall–Kier alpha value is -0.810. The molecular formula is C16H24ClN3O. The molecule has 0 amide bonds. The first-order valence-corrected chi connectivity index (χ1v) is 8.10. The van der Waals surface area contributed by atoms with E-state index < -0.39 is 0 Å². The topological polar surface area (TPSA) is 41.7 Å². The number of halogens is 1. The van der Waals surface area contributed by atoms with E-state index in [0.29, 0.717) is 0 Å². The van der Waals surface area contributed by atoms with E-state index in [4.69, 9.17) is 22.1 Å². The molecule has 1 aromatic rings. The number of ether oxygens (including phenoxy) is 1. The molecular weight excluding hydrogens is 286 g/mol. The first-order valence-electron chi connectivity index (χ1n) is 7.72. The summed E-state index contributed by atoms with van der Waals surface area (Å²) < 4.78 is 5.56. The first-order chi connectivity index (χ1) is 10.2. The van der Waals surface area contributed by atoms with E-state index in [0.717, 1.165) is 69.6 Å². The zero-order chi connectivity index (χ0) is 14.7. The Morgan fingerprint density at radius 3 is 2.57 bits per heavy atom. The number of anilines is 1. The third-order valence-corrected chi connectivity index (χ3v) is 5.06. The molecule has 0 saturated carbocycles. The Labute approximate surface area is 131 Å². The molecule has 21 heavy (non-hydrogen) atoms. The van der Waals surface area contributed by atoms with Crippen LogP contribution < -0.4 is 10.6 Å². The SMILES string of the molecule is NCC1(CN2CCN(c3ccccc3Cl)CC2)CCOC1. The molecule has 2 aliphatic heterocycles. The number of nitrogens with two attached hydrogens (primary N) is 1. The molecule has 2 fully saturated rings. The van der Waals surface area contributed by atoms with Crippen LogP contribution in [0.1, 0.15) is 6.42 Å². The second kappa shape index (κ2) is 6.53. The average Bonchev–Trinajstić information content (AvgIpc) is 2.98. The molecule has 0 radical (unpaired) electrons. The van der Waals surface area contributed by atoms with Crippen molar-refractivity contribution in [1.29, 1.82) is 0 Å². The lowest BCUT2D eigenvalue weighted by Crippen LogP contribution is -2.51. The summed E-state index contributed by atoms with van der Waals surface area (Å²) in [4.78, 5) is 4.90. The Bertz CT molecular complexity index is 468. The Morgan fingerprint density at radius 2 is 1.95 bits per heavy atom. The van der Waals surface area contributed by atoms with Crippen LogP contribution in [0.5, 0.6) is 0 Å². The van der Waals surface area contributed by atoms with Crippen molar-refractivity contribution in [3.05, 3.63) is 29.3 Å². The van der Waals surface area contributed by atoms with Crippen molar-refractivity contribution in [3.8, 4) is 0 Å². The summed E-state index contributed by atoms with van der Waals surface area (Å²) in [5.74, 6) is 0. The summed E-state index contributed by atoms with van der Waals surface area (Å²) >= 11 is 6.29. The summed E-state index contributed by atoms with van der Waals surface area (Å²) in [6, 6.07) is 8.09. The van der Waals surface area contributed by atoms with E-state index in [9.17, 15) is 0 Å². The van der Waals surface area contributed by atoms with Gasteiger partial charge in [0, 0.05) is 51.3 Å². The fourth-order valence-corrected chi connectivity index (χ4v) is 3.58. The maximum Gasteiger partial charge on any atom is 0.0639 e. The molecule has 0 spiro atoms. The van der Waals surface area contributed by atoms with Crippen LogP contribution in [0.2, 0.25) is 5.02 Å². The number of benzene rings is 1. The Balaban J connectivity index is 1.57. The number of para-hydroxylation sites is 1. The van der Waals surface area contributed by atoms with Gasteiger partial charge in [-0.3, -0.25) is 4.90 Å². The zero-order valence-corrected chi connectivity index (χ0v) is 13.2. The van der Waals surface area contributed by atoms with Crippen molar-refractivity contribution >= 4 is 17.3 Å². The van der Waals surface area contributed by atoms with Gasteiger partial charge in [0.25, 0.3) is 0 Å². The smallest absolute Gasteiger partial charge is 0.0639 e. The van der Waals surface area contributed by atoms with Gasteiger partial charge in [-0.1, -0.05) is 23.7 Å². The molecule has 5 heteroatoms. The van der Waals surface area contributed by atoms with Crippen LogP contribution in [0.15, 0.2) is 24.3 Å². The van der Waals surface area contributed by atoms with Gasteiger partial charge in [0.15, 0.2) is 0 Å². The second-order valence-corrected chi connectivity index (χ2v) is 6.63. The quantitative estimate of drug-likeness (QED) is 0.921. The molecule has 3 rings (SSSR count). The van der Waals surface area contributed by atoms with Gasteiger partial charge < -0.3 is 15.4 Å². The predicted molar refractivity (Wildman–Crippen MR) is 87.0 cm³/mol. The zero-order valence-electron chi connectivity index (χ0n) is 12.4. The predicted octanol–water partition coefficient (Wildman–Crippen LogP) is 1.83. The van der Waals surface area contributed by atoms with Crippen molar-refractivity contribution in [2.45, 2.75) is 6.42 Å². The summed E-state index contributed by atoms with van der Waals surface area (Å²) in [5.41, 5.74) is 7.31. The molecule has 2 heterocycles. The Kier molecular flexibility index (Phi) is 4.69. The lowest BCUT2D eigenvalue weighted by molar-refractivity contribution is 0.111. The number of piperazine rings is 1. The van der Waals surface area contributed by atoms with E-state index in [1.807, 2.05) is 18.2 Å². The lowest BCUT2D eigenvalue weighted by Gasteiger charge is -2.40. The van der Waals surface area contributed by atoms with Crippen molar-refractivity contribution < 1.29 is 4.74 Å². The van der Waals surface area contributed by atoms with Gasteiger partial charge >= 0.3 is 0 Å². The van der Waals surface area contributed by atoms with Crippen molar-refractivity contribution in [2.24, 2.45) is 11.1 Å². The van der Waals surface area contributed by atoms with Gasteiger partial charge in [-0.05, 0) is 18.6 Å². The Morgan fingerprint density at radius 1 is 1.19 bits per heavy atom. The molecule has 4 nitrogen and oxygen atoms in total. The molecule has 116 valence electrons. The molecule has 2 saturated heterocycles. The molecule has 2 aliphatic rings. The van der Waals surface area contributed by atoms with Gasteiger partial charge in [0.1, 0.15) is 0 Å². The van der Waals surface area contributed by atoms with Crippen LogP contribution in [-0.4, -0.2) is 57.4 Å². The summed E-state index contributed by atoms with van der Waals surface area (Å²) in [6.07, 6.45) is 1.09. The van der Waals surface area contributed by atoms with E-state index >= 15 is 0 Å². The summed E-state index contributed by atoms with van der Waals surface area (Å²) in [7, 11) is 0. The van der Waals surface area contributed by atoms with E-state index in [1.54, 1.807) is 0 Å². The van der Waals surface area contributed by atoms with Crippen LogP contribution >= 0.6 is 11.6 Å². The van der Waals surface area contributed by atoms with Crippen LogP contribution in [0, 0.1) is 5.41 Å². The number of rotatable bonds is 4. The standard InChI is InChI=1S/C16H24ClN3O/c17-14-3-1-2-4-15(14)20-8-6-19(7-9-20)12-16(11-18)5-10-21-13-16/h1-4H,5-13,18H2. The minimum absolute atomic E-state index is 0.173. The van der Waals surface area contributed by atoms with Gasteiger partial charge in [-0.2, -0.15) is 0 Å². The first kappa shape index (κ1) is 15.1. The van der Waals surface area contributed by atoms with E-state index in [2.05, 4.69) is 15.9 Å². The highest BCUT2D eigenvalue weighted by atomic mass is 35.5. The largest absolute Gasteiger partial charge is 0.381 e. The second-order valence-electron chi connectivity index (χ2n) is 6.22. The molecule has 0 bridgehead atoms. The lowest BCUT2D eigenvalue weighted by atomic mass is 9.86. The maximum atomic E-state index is 6.29. The molecule has 1 atom stereocenters. The van der Waals surface area contributed by atoms with E-state index in [1.165, 1.54) is 0 Å². The summed E-state index contributed by atoms with van der Waals surface area (Å²) in [6.45, 7) is 7.61. The molecule has 0 aliphatic carbocycles. The highest BCUT2D eigenvalue weighted by molar-refractivity contribution is 6.33. The van der Waals surface area contributed by atoms with E-state index in [-0.39, 0.29) is 5.41 Å². The summed E-state index contributed by atoms with van der Waals surface area (Å²) in [5, 5.41) is 0.841. The van der Waals surface area contributed by atoms with Crippen LogP contribution in [0.25, 0.3) is 0 Å². The monoisotopic (exact) mass is 309 g/mol. The van der Waals surface area contributed by atoms with Crippen LogP contribution in [0.4, 0.5) is 5.69 Å². The third-order valence-electron chi connectivity index (χ3n) is 4.74. The average molecular weight is 310 g/mol. The van der Waals surface area contributed by atoms with Crippen molar-refractivity contribution in [1.82, 2.24) is 4.90 Å². The molecule has 2 N–H and O–H groups in total. The van der Waals surface area contributed by atoms with Crippen molar-refractivity contribution in [3.63, 3.8) is 0 Å². The van der Waals surface area contributed by atoms with Gasteiger partial charge in [-0.15, -0.1) is 0 Å². The highest BCUT2D eigenvalue weighted by Gasteiger charge is 2.36. The minimum atomic E-state index is 0.173. The van der Waals surface area contributed by atoms with Gasteiger partial charge in [0.2, 0.25) is 0 Å². The maximum absolute atomic E-state index is 6.29. The van der Waals surface area contributed by atoms with Crippen LogP contribution in [0.3, 0.4) is 0 Å². The fraction of sp³-hybridized carbons (Fsp3) is 0.625. The number of hydrogen-bond donors (Lipinski definition) is 1.